The summed E-state index contributed by atoms with van der Waals surface area (Å²) in [6.45, 7) is 2.09. The summed E-state index contributed by atoms with van der Waals surface area (Å²) >= 11 is 1.35. The van der Waals surface area contributed by atoms with Gasteiger partial charge in [-0.25, -0.2) is 9.37 Å². The minimum atomic E-state index is -0.228. The van der Waals surface area contributed by atoms with Gasteiger partial charge in [-0.15, -0.1) is 0 Å². The van der Waals surface area contributed by atoms with E-state index >= 15 is 0 Å². The molecule has 3 rings (SSSR count). The van der Waals surface area contributed by atoms with E-state index in [4.69, 9.17) is 0 Å². The number of benzene rings is 2. The van der Waals surface area contributed by atoms with E-state index in [1.54, 1.807) is 12.1 Å². The van der Waals surface area contributed by atoms with Gasteiger partial charge in [0.15, 0.2) is 0 Å². The minimum Gasteiger partial charge on any atom is -0.354 e. The Bertz CT molecular complexity index is 725. The molecule has 3 aromatic rings. The van der Waals surface area contributed by atoms with Gasteiger partial charge < -0.3 is 5.32 Å². The summed E-state index contributed by atoms with van der Waals surface area (Å²) in [7, 11) is 0. The zero-order chi connectivity index (χ0) is 15.4. The van der Waals surface area contributed by atoms with Crippen molar-refractivity contribution in [3.63, 3.8) is 0 Å². The van der Waals surface area contributed by atoms with Gasteiger partial charge in [-0.3, -0.25) is 0 Å². The lowest BCUT2D eigenvalue weighted by Crippen LogP contribution is -2.06. The van der Waals surface area contributed by atoms with Gasteiger partial charge in [0, 0.05) is 18.0 Å². The second kappa shape index (κ2) is 6.66. The molecule has 0 fully saturated rings. The van der Waals surface area contributed by atoms with Crippen molar-refractivity contribution in [3.05, 3.63) is 77.4 Å². The van der Waals surface area contributed by atoms with Crippen LogP contribution in [0, 0.1) is 5.82 Å². The summed E-state index contributed by atoms with van der Waals surface area (Å²) in [6.07, 6.45) is 0.609. The third kappa shape index (κ3) is 3.68. The maximum Gasteiger partial charge on any atom is 0.203 e. The summed E-state index contributed by atoms with van der Waals surface area (Å²) in [4.78, 5) is 4.50. The molecule has 0 aliphatic rings. The van der Waals surface area contributed by atoms with Crippen LogP contribution in [-0.2, 0) is 6.42 Å². The molecule has 112 valence electrons. The zero-order valence-corrected chi connectivity index (χ0v) is 13.0. The molecule has 0 spiro atoms. The molecular weight excluding hydrogens is 297 g/mol. The predicted octanol–water partition coefficient (Wildman–Crippen LogP) is 4.44. The first-order chi connectivity index (χ1) is 10.7. The number of nitrogens with zero attached hydrogens (tertiary/aromatic N) is 2. The highest BCUT2D eigenvalue weighted by Gasteiger charge is 2.09. The molecule has 3 nitrogen and oxygen atoms in total. The average molecular weight is 313 g/mol. The molecule has 0 radical (unpaired) electrons. The molecule has 1 aromatic heterocycles. The van der Waals surface area contributed by atoms with Gasteiger partial charge >= 0.3 is 0 Å². The fourth-order valence-electron chi connectivity index (χ4n) is 2.18. The highest BCUT2D eigenvalue weighted by atomic mass is 32.1. The quantitative estimate of drug-likeness (QED) is 0.756. The number of hydrogen-bond acceptors (Lipinski definition) is 4. The van der Waals surface area contributed by atoms with Gasteiger partial charge in [-0.1, -0.05) is 42.5 Å². The zero-order valence-electron chi connectivity index (χ0n) is 12.2. The van der Waals surface area contributed by atoms with E-state index in [0.29, 0.717) is 6.42 Å². The van der Waals surface area contributed by atoms with Crippen molar-refractivity contribution in [3.8, 4) is 0 Å². The van der Waals surface area contributed by atoms with Crippen LogP contribution in [0.25, 0.3) is 0 Å². The molecule has 0 bridgehead atoms. The van der Waals surface area contributed by atoms with Gasteiger partial charge in [0.05, 0.1) is 6.04 Å². The van der Waals surface area contributed by atoms with E-state index < -0.39 is 0 Å². The number of aromatic nitrogens is 2. The smallest absolute Gasteiger partial charge is 0.203 e. The van der Waals surface area contributed by atoms with Crippen LogP contribution in [0.1, 0.15) is 29.9 Å². The van der Waals surface area contributed by atoms with E-state index in [9.17, 15) is 4.39 Å². The molecule has 5 heteroatoms. The standard InChI is InChI=1S/C17H16FN3S/c1-12(14-5-3-2-4-6-14)19-17-20-16(21-22-17)11-13-7-9-15(18)10-8-13/h2-10,12H,11H2,1H3,(H,19,20,21)/t12-/m0/s1. The molecule has 0 saturated heterocycles. The van der Waals surface area contributed by atoms with Crippen LogP contribution in [0.2, 0.25) is 0 Å². The largest absolute Gasteiger partial charge is 0.354 e. The van der Waals surface area contributed by atoms with Gasteiger partial charge in [0.1, 0.15) is 11.6 Å². The average Bonchev–Trinajstić information content (AvgIpc) is 2.97. The van der Waals surface area contributed by atoms with E-state index in [1.807, 2.05) is 18.2 Å². The number of halogens is 1. The summed E-state index contributed by atoms with van der Waals surface area (Å²) < 4.78 is 17.2. The fraction of sp³-hybridized carbons (Fsp3) is 0.176. The van der Waals surface area contributed by atoms with E-state index in [-0.39, 0.29) is 11.9 Å². The predicted molar refractivity (Wildman–Crippen MR) is 87.6 cm³/mol. The molecule has 0 aliphatic carbocycles. The monoisotopic (exact) mass is 313 g/mol. The highest BCUT2D eigenvalue weighted by molar-refractivity contribution is 7.09. The Morgan fingerprint density at radius 2 is 1.82 bits per heavy atom. The lowest BCUT2D eigenvalue weighted by molar-refractivity contribution is 0.627. The van der Waals surface area contributed by atoms with Crippen molar-refractivity contribution >= 4 is 16.7 Å². The van der Waals surface area contributed by atoms with E-state index in [1.165, 1.54) is 29.2 Å². The first kappa shape index (κ1) is 14.7. The number of nitrogens with one attached hydrogen (secondary N) is 1. The van der Waals surface area contributed by atoms with Crippen LogP contribution in [0.15, 0.2) is 54.6 Å². The SMILES string of the molecule is C[C@H](Nc1nc(Cc2ccc(F)cc2)ns1)c1ccccc1. The lowest BCUT2D eigenvalue weighted by Gasteiger charge is -2.12. The summed E-state index contributed by atoms with van der Waals surface area (Å²) in [5.41, 5.74) is 2.21. The van der Waals surface area contributed by atoms with Crippen LogP contribution >= 0.6 is 11.5 Å². The molecule has 1 heterocycles. The second-order valence-corrected chi connectivity index (χ2v) is 5.85. The van der Waals surface area contributed by atoms with Crippen molar-refractivity contribution in [2.75, 3.05) is 5.32 Å². The van der Waals surface area contributed by atoms with Crippen LogP contribution in [0.5, 0.6) is 0 Å². The first-order valence-corrected chi connectivity index (χ1v) is 7.86. The Balaban J connectivity index is 1.65. The van der Waals surface area contributed by atoms with Crippen molar-refractivity contribution in [1.29, 1.82) is 0 Å². The third-order valence-corrected chi connectivity index (χ3v) is 4.07. The molecule has 0 saturated carbocycles. The van der Waals surface area contributed by atoms with Crippen molar-refractivity contribution < 1.29 is 4.39 Å². The molecule has 22 heavy (non-hydrogen) atoms. The molecule has 1 atom stereocenters. The number of anilines is 1. The normalized spacial score (nSPS) is 12.1. The second-order valence-electron chi connectivity index (χ2n) is 5.10. The van der Waals surface area contributed by atoms with Crippen molar-refractivity contribution in [2.45, 2.75) is 19.4 Å². The van der Waals surface area contributed by atoms with Gasteiger partial charge in [-0.05, 0) is 30.2 Å². The van der Waals surface area contributed by atoms with Gasteiger partial charge in [-0.2, -0.15) is 4.37 Å². The lowest BCUT2D eigenvalue weighted by atomic mass is 10.1. The van der Waals surface area contributed by atoms with Crippen LogP contribution < -0.4 is 5.32 Å². The van der Waals surface area contributed by atoms with Crippen LogP contribution in [0.3, 0.4) is 0 Å². The van der Waals surface area contributed by atoms with Gasteiger partial charge in [0.25, 0.3) is 0 Å². The van der Waals surface area contributed by atoms with Crippen LogP contribution in [0.4, 0.5) is 9.52 Å². The molecule has 0 aliphatic heterocycles. The summed E-state index contributed by atoms with van der Waals surface area (Å²) in [5.74, 6) is 0.522. The molecule has 1 N–H and O–H groups in total. The first-order valence-electron chi connectivity index (χ1n) is 7.09. The maximum absolute atomic E-state index is 12.9. The Labute approximate surface area is 133 Å². The minimum absolute atomic E-state index is 0.174. The van der Waals surface area contributed by atoms with Gasteiger partial charge in [0.2, 0.25) is 5.13 Å². The Morgan fingerprint density at radius 1 is 1.09 bits per heavy atom. The Morgan fingerprint density at radius 3 is 2.55 bits per heavy atom. The summed E-state index contributed by atoms with van der Waals surface area (Å²) in [6, 6.07) is 16.8. The molecular formula is C17H16FN3S. The van der Waals surface area contributed by atoms with E-state index in [0.717, 1.165) is 16.5 Å². The number of hydrogen-bond donors (Lipinski definition) is 1. The maximum atomic E-state index is 12.9. The third-order valence-electron chi connectivity index (χ3n) is 3.38. The highest BCUT2D eigenvalue weighted by Crippen LogP contribution is 2.21. The molecule has 0 unspecified atom stereocenters. The molecule has 0 amide bonds. The topological polar surface area (TPSA) is 37.8 Å². The fourth-order valence-corrected chi connectivity index (χ4v) is 2.85. The van der Waals surface area contributed by atoms with Crippen molar-refractivity contribution in [1.82, 2.24) is 9.36 Å². The Hall–Kier alpha value is -2.27. The van der Waals surface area contributed by atoms with E-state index in [2.05, 4.69) is 33.7 Å². The van der Waals surface area contributed by atoms with Crippen molar-refractivity contribution in [2.24, 2.45) is 0 Å². The molecule has 2 aromatic carbocycles. The summed E-state index contributed by atoms with van der Waals surface area (Å²) in [5, 5.41) is 4.16. The number of rotatable bonds is 5. The Kier molecular flexibility index (Phi) is 4.44. The van der Waals surface area contributed by atoms with Crippen LogP contribution in [-0.4, -0.2) is 9.36 Å².